The summed E-state index contributed by atoms with van der Waals surface area (Å²) in [5, 5.41) is 13.0. The quantitative estimate of drug-likeness (QED) is 0.882. The van der Waals surface area contributed by atoms with Crippen LogP contribution in [0.25, 0.3) is 0 Å². The van der Waals surface area contributed by atoms with Crippen LogP contribution in [0.3, 0.4) is 0 Å². The molecule has 0 aliphatic heterocycles. The highest BCUT2D eigenvalue weighted by atomic mass is 32.1. The molecular weight excluding hydrogens is 324 g/mol. The first-order valence-electron chi connectivity index (χ1n) is 8.44. The van der Waals surface area contributed by atoms with E-state index in [1.807, 2.05) is 27.7 Å². The van der Waals surface area contributed by atoms with Crippen molar-refractivity contribution in [3.8, 4) is 0 Å². The van der Waals surface area contributed by atoms with Gasteiger partial charge >= 0.3 is 0 Å². The highest BCUT2D eigenvalue weighted by Crippen LogP contribution is 2.56. The largest absolute Gasteiger partial charge is 0.349 e. The number of hydrogen-bond donors (Lipinski definition) is 1. The zero-order valence-electron chi connectivity index (χ0n) is 15.5. The summed E-state index contributed by atoms with van der Waals surface area (Å²) < 4.78 is 0. The summed E-state index contributed by atoms with van der Waals surface area (Å²) in [5.41, 5.74) is -0.963. The van der Waals surface area contributed by atoms with E-state index in [-0.39, 0.29) is 17.7 Å². The minimum Gasteiger partial charge on any atom is -0.349 e. The summed E-state index contributed by atoms with van der Waals surface area (Å²) in [6.45, 7) is 8.47. The van der Waals surface area contributed by atoms with Crippen LogP contribution in [0.2, 0.25) is 0 Å². The maximum atomic E-state index is 12.9. The first kappa shape index (κ1) is 18.8. The highest BCUT2D eigenvalue weighted by molar-refractivity contribution is 7.11. The SMILES string of the molecule is CCc1nnc(CNC(=O)[C@@]2(C)CC[C@@H](C(=O)N(C)C)C2(C)C)s1. The van der Waals surface area contributed by atoms with E-state index in [0.717, 1.165) is 22.9 Å². The van der Waals surface area contributed by atoms with Gasteiger partial charge in [0.05, 0.1) is 12.0 Å². The summed E-state index contributed by atoms with van der Waals surface area (Å²) in [4.78, 5) is 27.0. The lowest BCUT2D eigenvalue weighted by Crippen LogP contribution is -2.49. The molecule has 1 heterocycles. The standard InChI is InChI=1S/C17H28N4O2S/c1-7-12-19-20-13(24-12)10-18-15(23)17(4)9-8-11(16(17,2)3)14(22)21(5)6/h11H,7-10H2,1-6H3,(H,18,23)/t11-,17+/m0/s1. The third kappa shape index (κ3) is 3.18. The predicted octanol–water partition coefficient (Wildman–Crippen LogP) is 2.25. The van der Waals surface area contributed by atoms with E-state index < -0.39 is 10.8 Å². The van der Waals surface area contributed by atoms with Crippen LogP contribution in [0.1, 0.15) is 50.6 Å². The van der Waals surface area contributed by atoms with Crippen molar-refractivity contribution in [1.29, 1.82) is 0 Å². The number of nitrogens with one attached hydrogen (secondary N) is 1. The topological polar surface area (TPSA) is 75.2 Å². The summed E-state index contributed by atoms with van der Waals surface area (Å²) >= 11 is 1.53. The number of carbonyl (C=O) groups excluding carboxylic acids is 2. The number of aromatic nitrogens is 2. The Bertz CT molecular complexity index is 626. The lowest BCUT2D eigenvalue weighted by Gasteiger charge is -2.40. The van der Waals surface area contributed by atoms with E-state index in [0.29, 0.717) is 13.0 Å². The number of carbonyl (C=O) groups is 2. The Labute approximate surface area is 148 Å². The molecule has 2 amide bonds. The molecule has 1 aliphatic carbocycles. The molecule has 1 fully saturated rings. The Hall–Kier alpha value is -1.50. The van der Waals surface area contributed by atoms with E-state index in [1.54, 1.807) is 19.0 Å². The number of hydrogen-bond acceptors (Lipinski definition) is 5. The van der Waals surface area contributed by atoms with Gasteiger partial charge in [0, 0.05) is 20.0 Å². The van der Waals surface area contributed by atoms with Crippen LogP contribution in [0.4, 0.5) is 0 Å². The minimum atomic E-state index is -0.568. The number of amides is 2. The summed E-state index contributed by atoms with van der Waals surface area (Å²) in [5.74, 6) is -0.0282. The van der Waals surface area contributed by atoms with Crippen molar-refractivity contribution in [3.05, 3.63) is 10.0 Å². The molecule has 2 rings (SSSR count). The zero-order chi connectivity index (χ0) is 18.1. The third-order valence-electron chi connectivity index (χ3n) is 5.68. The first-order chi connectivity index (χ1) is 11.1. The molecule has 1 aromatic heterocycles. The minimum absolute atomic E-state index is 0.00481. The van der Waals surface area contributed by atoms with E-state index in [1.165, 1.54) is 11.3 Å². The van der Waals surface area contributed by atoms with Gasteiger partial charge in [-0.2, -0.15) is 0 Å². The molecule has 1 saturated carbocycles. The van der Waals surface area contributed by atoms with E-state index in [9.17, 15) is 9.59 Å². The van der Waals surface area contributed by atoms with Gasteiger partial charge < -0.3 is 10.2 Å². The lowest BCUT2D eigenvalue weighted by molar-refractivity contribution is -0.142. The van der Waals surface area contributed by atoms with Crippen LogP contribution in [-0.2, 0) is 22.6 Å². The molecular formula is C17H28N4O2S. The second kappa shape index (κ2) is 6.78. The molecule has 0 aromatic carbocycles. The zero-order valence-corrected chi connectivity index (χ0v) is 16.3. The van der Waals surface area contributed by atoms with Crippen molar-refractivity contribution < 1.29 is 9.59 Å². The normalized spacial score (nSPS) is 25.5. The van der Waals surface area contributed by atoms with Gasteiger partial charge in [0.2, 0.25) is 11.8 Å². The highest BCUT2D eigenvalue weighted by Gasteiger charge is 2.58. The Kier molecular flexibility index (Phi) is 5.32. The molecule has 134 valence electrons. The second-order valence-electron chi connectivity index (χ2n) is 7.50. The Morgan fingerprint density at radius 2 is 1.88 bits per heavy atom. The van der Waals surface area contributed by atoms with Crippen molar-refractivity contribution in [2.24, 2.45) is 16.7 Å². The van der Waals surface area contributed by atoms with Gasteiger partial charge in [0.15, 0.2) is 0 Å². The summed E-state index contributed by atoms with van der Waals surface area (Å²) in [6, 6.07) is 0. The van der Waals surface area contributed by atoms with E-state index in [4.69, 9.17) is 0 Å². The monoisotopic (exact) mass is 352 g/mol. The fourth-order valence-electron chi connectivity index (χ4n) is 3.50. The number of aryl methyl sites for hydroxylation is 1. The molecule has 7 heteroatoms. The molecule has 1 aromatic rings. The van der Waals surface area contributed by atoms with Gasteiger partial charge in [0.25, 0.3) is 0 Å². The van der Waals surface area contributed by atoms with Gasteiger partial charge in [-0.25, -0.2) is 0 Å². The fourth-order valence-corrected chi connectivity index (χ4v) is 4.23. The van der Waals surface area contributed by atoms with E-state index in [2.05, 4.69) is 15.5 Å². The van der Waals surface area contributed by atoms with Crippen molar-refractivity contribution in [2.45, 2.75) is 53.5 Å². The average Bonchev–Trinajstić information content (AvgIpc) is 3.08. The second-order valence-corrected chi connectivity index (χ2v) is 8.65. The van der Waals surface area contributed by atoms with Gasteiger partial charge in [-0.05, 0) is 24.7 Å². The van der Waals surface area contributed by atoms with Crippen LogP contribution < -0.4 is 5.32 Å². The Morgan fingerprint density at radius 3 is 2.42 bits per heavy atom. The van der Waals surface area contributed by atoms with E-state index >= 15 is 0 Å². The van der Waals surface area contributed by atoms with Crippen molar-refractivity contribution in [3.63, 3.8) is 0 Å². The molecule has 0 saturated heterocycles. The molecule has 6 nitrogen and oxygen atoms in total. The molecule has 24 heavy (non-hydrogen) atoms. The van der Waals surface area contributed by atoms with Crippen LogP contribution in [0, 0.1) is 16.7 Å². The fraction of sp³-hybridized carbons (Fsp3) is 0.765. The van der Waals surface area contributed by atoms with Gasteiger partial charge in [-0.3, -0.25) is 9.59 Å². The van der Waals surface area contributed by atoms with Crippen molar-refractivity contribution in [1.82, 2.24) is 20.4 Å². The van der Waals surface area contributed by atoms with Crippen LogP contribution in [0.5, 0.6) is 0 Å². The third-order valence-corrected chi connectivity index (χ3v) is 6.75. The molecule has 0 unspecified atom stereocenters. The van der Waals surface area contributed by atoms with Crippen LogP contribution in [-0.4, -0.2) is 41.0 Å². The summed E-state index contributed by atoms with van der Waals surface area (Å²) in [6.07, 6.45) is 2.31. The smallest absolute Gasteiger partial charge is 0.226 e. The van der Waals surface area contributed by atoms with Crippen molar-refractivity contribution >= 4 is 23.2 Å². The van der Waals surface area contributed by atoms with Crippen LogP contribution >= 0.6 is 11.3 Å². The molecule has 1 N–H and O–H groups in total. The van der Waals surface area contributed by atoms with Crippen LogP contribution in [0.15, 0.2) is 0 Å². The molecule has 1 aliphatic rings. The Morgan fingerprint density at radius 1 is 1.25 bits per heavy atom. The molecule has 2 atom stereocenters. The predicted molar refractivity (Wildman–Crippen MR) is 94.4 cm³/mol. The Balaban J connectivity index is 2.08. The van der Waals surface area contributed by atoms with Gasteiger partial charge in [-0.15, -0.1) is 10.2 Å². The lowest BCUT2D eigenvalue weighted by atomic mass is 9.65. The molecule has 0 bridgehead atoms. The number of rotatable bonds is 5. The summed E-state index contributed by atoms with van der Waals surface area (Å²) in [7, 11) is 3.55. The first-order valence-corrected chi connectivity index (χ1v) is 9.26. The van der Waals surface area contributed by atoms with Crippen molar-refractivity contribution in [2.75, 3.05) is 14.1 Å². The van der Waals surface area contributed by atoms with Gasteiger partial charge in [-0.1, -0.05) is 39.0 Å². The van der Waals surface area contributed by atoms with Gasteiger partial charge in [0.1, 0.15) is 10.0 Å². The molecule has 0 radical (unpaired) electrons. The number of nitrogens with zero attached hydrogens (tertiary/aromatic N) is 3. The maximum absolute atomic E-state index is 12.9. The average molecular weight is 353 g/mol. The molecule has 0 spiro atoms. The maximum Gasteiger partial charge on any atom is 0.226 e.